The second kappa shape index (κ2) is 5.71. The highest BCUT2D eigenvalue weighted by Gasteiger charge is 2.27. The van der Waals surface area contributed by atoms with Crippen LogP contribution < -0.4 is 5.73 Å². The van der Waals surface area contributed by atoms with Crippen LogP contribution in [0, 0.1) is 5.92 Å². The largest absolute Gasteiger partial charge is 0.327 e. The molecule has 2 N–H and O–H groups in total. The van der Waals surface area contributed by atoms with Crippen molar-refractivity contribution in [2.24, 2.45) is 11.7 Å². The van der Waals surface area contributed by atoms with Gasteiger partial charge in [-0.05, 0) is 25.0 Å². The van der Waals surface area contributed by atoms with Crippen molar-refractivity contribution in [3.8, 4) is 0 Å². The summed E-state index contributed by atoms with van der Waals surface area (Å²) in [5, 5.41) is 1.06. The van der Waals surface area contributed by atoms with Crippen LogP contribution in [-0.2, 0) is 0 Å². The van der Waals surface area contributed by atoms with Crippen LogP contribution in [-0.4, -0.2) is 16.8 Å². The highest BCUT2D eigenvalue weighted by Crippen LogP contribution is 2.26. The zero-order chi connectivity index (χ0) is 13.9. The number of benzene rings is 1. The molecular formula is C17H20N2O. The number of pyridine rings is 1. The number of ketones is 1. The maximum atomic E-state index is 12.7. The summed E-state index contributed by atoms with van der Waals surface area (Å²) in [5.41, 5.74) is 7.82. The molecule has 0 amide bonds. The van der Waals surface area contributed by atoms with Crippen molar-refractivity contribution in [2.45, 2.75) is 38.1 Å². The molecule has 3 heteroatoms. The Morgan fingerprint density at radius 1 is 1.15 bits per heavy atom. The molecule has 1 heterocycles. The minimum absolute atomic E-state index is 0.00410. The fourth-order valence-corrected chi connectivity index (χ4v) is 3.10. The molecule has 3 nitrogen and oxygen atoms in total. The van der Waals surface area contributed by atoms with E-state index in [2.05, 4.69) is 4.98 Å². The first kappa shape index (κ1) is 13.3. The molecule has 1 fully saturated rings. The lowest BCUT2D eigenvalue weighted by Crippen LogP contribution is -2.34. The third kappa shape index (κ3) is 2.59. The van der Waals surface area contributed by atoms with E-state index in [9.17, 15) is 4.79 Å². The first-order chi connectivity index (χ1) is 9.75. The van der Waals surface area contributed by atoms with Crippen molar-refractivity contribution in [1.82, 2.24) is 4.98 Å². The minimum atomic E-state index is -0.0290. The van der Waals surface area contributed by atoms with Gasteiger partial charge in [0.05, 0.1) is 5.52 Å². The van der Waals surface area contributed by atoms with Crippen LogP contribution in [0.25, 0.3) is 10.9 Å². The zero-order valence-corrected chi connectivity index (χ0v) is 11.6. The van der Waals surface area contributed by atoms with Crippen molar-refractivity contribution in [1.29, 1.82) is 0 Å². The van der Waals surface area contributed by atoms with Gasteiger partial charge in [-0.1, -0.05) is 37.5 Å². The minimum Gasteiger partial charge on any atom is -0.327 e. The van der Waals surface area contributed by atoms with Gasteiger partial charge in [-0.3, -0.25) is 9.78 Å². The lowest BCUT2D eigenvalue weighted by Gasteiger charge is -2.20. The number of carbonyl (C=O) groups is 1. The molecule has 0 radical (unpaired) electrons. The number of nitrogens with two attached hydrogens (primary N) is 1. The number of aromatic nitrogens is 1. The van der Waals surface area contributed by atoms with E-state index >= 15 is 0 Å². The Labute approximate surface area is 119 Å². The summed E-state index contributed by atoms with van der Waals surface area (Å²) in [5.74, 6) is 0.158. The van der Waals surface area contributed by atoms with Gasteiger partial charge in [-0.2, -0.15) is 0 Å². The van der Waals surface area contributed by atoms with E-state index in [1.807, 2.05) is 30.3 Å². The molecular weight excluding hydrogens is 248 g/mol. The summed E-state index contributed by atoms with van der Waals surface area (Å²) in [6.07, 6.45) is 7.08. The van der Waals surface area contributed by atoms with Crippen molar-refractivity contribution in [3.05, 3.63) is 42.1 Å². The molecule has 104 valence electrons. The molecule has 0 spiro atoms. The number of Topliss-reactive ketones (excluding diaryl/α,β-unsaturated/α-hetero) is 1. The zero-order valence-electron chi connectivity index (χ0n) is 11.6. The summed E-state index contributed by atoms with van der Waals surface area (Å²) in [6, 6.07) is 9.69. The van der Waals surface area contributed by atoms with Crippen LogP contribution in [0.2, 0.25) is 0 Å². The Bertz CT molecular complexity index is 623. The topological polar surface area (TPSA) is 56.0 Å². The normalized spacial score (nSPS) is 23.4. The van der Waals surface area contributed by atoms with Gasteiger partial charge in [0.2, 0.25) is 0 Å². The van der Waals surface area contributed by atoms with Gasteiger partial charge in [0.25, 0.3) is 0 Å². The third-order valence-electron chi connectivity index (χ3n) is 4.30. The SMILES string of the molecule is NC1CCCCCC1C(=O)c1ccc2cccnc2c1. The van der Waals surface area contributed by atoms with Crippen molar-refractivity contribution >= 4 is 16.7 Å². The molecule has 2 aromatic rings. The fraction of sp³-hybridized carbons (Fsp3) is 0.412. The summed E-state index contributed by atoms with van der Waals surface area (Å²) < 4.78 is 0. The van der Waals surface area contributed by atoms with Crippen LogP contribution in [0.4, 0.5) is 0 Å². The molecule has 20 heavy (non-hydrogen) atoms. The van der Waals surface area contributed by atoms with Gasteiger partial charge in [0, 0.05) is 29.1 Å². The number of rotatable bonds is 2. The Kier molecular flexibility index (Phi) is 3.79. The van der Waals surface area contributed by atoms with Crippen LogP contribution in [0.3, 0.4) is 0 Å². The number of carbonyl (C=O) groups excluding carboxylic acids is 1. The predicted molar refractivity (Wildman–Crippen MR) is 80.6 cm³/mol. The maximum Gasteiger partial charge on any atom is 0.167 e. The van der Waals surface area contributed by atoms with Crippen LogP contribution in [0.15, 0.2) is 36.5 Å². The lowest BCUT2D eigenvalue weighted by molar-refractivity contribution is 0.0895. The molecule has 0 aliphatic heterocycles. The van der Waals surface area contributed by atoms with Gasteiger partial charge in [0.15, 0.2) is 5.78 Å². The molecule has 1 aliphatic rings. The molecule has 1 aliphatic carbocycles. The molecule has 1 aromatic heterocycles. The van der Waals surface area contributed by atoms with E-state index in [0.717, 1.165) is 42.1 Å². The molecule has 0 saturated heterocycles. The third-order valence-corrected chi connectivity index (χ3v) is 4.30. The highest BCUT2D eigenvalue weighted by molar-refractivity contribution is 6.01. The molecule has 1 saturated carbocycles. The fourth-order valence-electron chi connectivity index (χ4n) is 3.10. The lowest BCUT2D eigenvalue weighted by atomic mass is 9.87. The summed E-state index contributed by atoms with van der Waals surface area (Å²) in [7, 11) is 0. The summed E-state index contributed by atoms with van der Waals surface area (Å²) >= 11 is 0. The van der Waals surface area contributed by atoms with Crippen LogP contribution >= 0.6 is 0 Å². The van der Waals surface area contributed by atoms with Gasteiger partial charge in [-0.15, -0.1) is 0 Å². The van der Waals surface area contributed by atoms with Crippen LogP contribution in [0.1, 0.15) is 42.5 Å². The van der Waals surface area contributed by atoms with E-state index in [1.165, 1.54) is 6.42 Å². The van der Waals surface area contributed by atoms with Gasteiger partial charge in [-0.25, -0.2) is 0 Å². The molecule has 1 aromatic carbocycles. The second-order valence-corrected chi connectivity index (χ2v) is 5.68. The van der Waals surface area contributed by atoms with Gasteiger partial charge < -0.3 is 5.73 Å². The standard InChI is InChI=1S/C17H20N2O/c18-15-7-3-1-2-6-14(15)17(20)13-9-8-12-5-4-10-19-16(12)11-13/h4-5,8-11,14-15H,1-3,6-7,18H2. The number of nitrogens with zero attached hydrogens (tertiary/aromatic N) is 1. The predicted octanol–water partition coefficient (Wildman–Crippen LogP) is 3.33. The smallest absolute Gasteiger partial charge is 0.167 e. The van der Waals surface area contributed by atoms with Crippen molar-refractivity contribution in [2.75, 3.05) is 0 Å². The Morgan fingerprint density at radius 3 is 2.90 bits per heavy atom. The van der Waals surface area contributed by atoms with E-state index in [-0.39, 0.29) is 17.7 Å². The average molecular weight is 268 g/mol. The van der Waals surface area contributed by atoms with E-state index in [1.54, 1.807) is 6.20 Å². The summed E-state index contributed by atoms with van der Waals surface area (Å²) in [6.45, 7) is 0. The monoisotopic (exact) mass is 268 g/mol. The Hall–Kier alpha value is -1.74. The molecule has 0 bridgehead atoms. The van der Waals surface area contributed by atoms with Crippen molar-refractivity contribution < 1.29 is 4.79 Å². The first-order valence-corrected chi connectivity index (χ1v) is 7.40. The van der Waals surface area contributed by atoms with Crippen molar-refractivity contribution in [3.63, 3.8) is 0 Å². The number of hydrogen-bond acceptors (Lipinski definition) is 3. The quantitative estimate of drug-likeness (QED) is 0.671. The second-order valence-electron chi connectivity index (χ2n) is 5.68. The average Bonchev–Trinajstić information content (AvgIpc) is 2.70. The summed E-state index contributed by atoms with van der Waals surface area (Å²) in [4.78, 5) is 17.0. The Balaban J connectivity index is 1.91. The first-order valence-electron chi connectivity index (χ1n) is 7.40. The molecule has 2 atom stereocenters. The molecule has 2 unspecified atom stereocenters. The highest BCUT2D eigenvalue weighted by atomic mass is 16.1. The Morgan fingerprint density at radius 2 is 2.00 bits per heavy atom. The van der Waals surface area contributed by atoms with E-state index < -0.39 is 0 Å². The van der Waals surface area contributed by atoms with E-state index in [0.29, 0.717) is 0 Å². The number of hydrogen-bond donors (Lipinski definition) is 1. The van der Waals surface area contributed by atoms with Gasteiger partial charge >= 0.3 is 0 Å². The molecule has 3 rings (SSSR count). The van der Waals surface area contributed by atoms with Crippen LogP contribution in [0.5, 0.6) is 0 Å². The number of fused-ring (bicyclic) bond motifs is 1. The van der Waals surface area contributed by atoms with E-state index in [4.69, 9.17) is 5.73 Å². The van der Waals surface area contributed by atoms with Gasteiger partial charge in [0.1, 0.15) is 0 Å². The maximum absolute atomic E-state index is 12.7.